The minimum absolute atomic E-state index is 0.0276. The summed E-state index contributed by atoms with van der Waals surface area (Å²) < 4.78 is 20.5. The molecule has 2 aromatic rings. The molecule has 0 amide bonds. The Bertz CT molecular complexity index is 1160. The van der Waals surface area contributed by atoms with Gasteiger partial charge in [0.25, 0.3) is 5.56 Å². The lowest BCUT2D eigenvalue weighted by Crippen LogP contribution is -2.57. The van der Waals surface area contributed by atoms with Crippen LogP contribution >= 0.6 is 0 Å². The zero-order valence-electron chi connectivity index (χ0n) is 22.3. The van der Waals surface area contributed by atoms with E-state index in [0.717, 1.165) is 5.56 Å². The monoisotopic (exact) mass is 517 g/mol. The van der Waals surface area contributed by atoms with Crippen LogP contribution in [-0.4, -0.2) is 54.1 Å². The number of ether oxygens (including phenoxy) is 2. The van der Waals surface area contributed by atoms with Crippen molar-refractivity contribution in [2.24, 2.45) is 0 Å². The lowest BCUT2D eigenvalue weighted by atomic mass is 10.0. The molecule has 1 aromatic heterocycles. The van der Waals surface area contributed by atoms with Crippen LogP contribution in [0.4, 0.5) is 0 Å². The van der Waals surface area contributed by atoms with Crippen LogP contribution in [0.25, 0.3) is 0 Å². The molecule has 0 saturated carbocycles. The van der Waals surface area contributed by atoms with Crippen molar-refractivity contribution >= 4 is 8.32 Å². The molecule has 2 aliphatic heterocycles. The number of H-pyrrole nitrogens is 1. The van der Waals surface area contributed by atoms with E-state index in [9.17, 15) is 9.59 Å². The minimum Gasteiger partial charge on any atom is -0.409 e. The Balaban J connectivity index is 1.68. The van der Waals surface area contributed by atoms with E-state index in [1.807, 2.05) is 42.3 Å². The molecule has 10 heteroatoms. The van der Waals surface area contributed by atoms with Crippen LogP contribution in [0.2, 0.25) is 18.1 Å². The molecule has 2 fully saturated rings. The molecule has 0 aliphatic carbocycles. The molecule has 0 radical (unpaired) electrons. The summed E-state index contributed by atoms with van der Waals surface area (Å²) in [5.41, 5.74) is 0.643. The SMILES string of the molecule is Cc1cn([C@@H]2C[C@@H]([C@@H]3O[C@H](C)OC[C@H]3O[Si](C)(C)C(C)(C)C)N(Cc3ccccc3)O2)c(=O)[nH]c1=O. The van der Waals surface area contributed by atoms with E-state index in [0.29, 0.717) is 25.1 Å². The number of nitrogens with zero attached hydrogens (tertiary/aromatic N) is 2. The highest BCUT2D eigenvalue weighted by Crippen LogP contribution is 2.41. The van der Waals surface area contributed by atoms with Gasteiger partial charge in [-0.3, -0.25) is 19.2 Å². The Labute approximate surface area is 213 Å². The number of nitrogens with one attached hydrogen (secondary N) is 1. The van der Waals surface area contributed by atoms with Crippen molar-refractivity contribution in [2.75, 3.05) is 6.61 Å². The zero-order chi connectivity index (χ0) is 26.3. The quantitative estimate of drug-likeness (QED) is 0.584. The number of hydrogen-bond acceptors (Lipinski definition) is 7. The second-order valence-corrected chi connectivity index (χ2v) is 16.1. The van der Waals surface area contributed by atoms with Gasteiger partial charge >= 0.3 is 5.69 Å². The Kier molecular flexibility index (Phi) is 7.75. The average Bonchev–Trinajstić information content (AvgIpc) is 3.20. The molecular weight excluding hydrogens is 478 g/mol. The molecule has 1 aromatic carbocycles. The Hall–Kier alpha value is -2.08. The summed E-state index contributed by atoms with van der Waals surface area (Å²) >= 11 is 0. The van der Waals surface area contributed by atoms with Crippen molar-refractivity contribution in [2.45, 2.75) is 96.5 Å². The average molecular weight is 518 g/mol. The number of benzene rings is 1. The van der Waals surface area contributed by atoms with Crippen LogP contribution < -0.4 is 11.2 Å². The van der Waals surface area contributed by atoms with Gasteiger partial charge in [-0.05, 0) is 37.5 Å². The van der Waals surface area contributed by atoms with Crippen LogP contribution in [-0.2, 0) is 25.3 Å². The maximum Gasteiger partial charge on any atom is 0.330 e. The predicted octanol–water partition coefficient (Wildman–Crippen LogP) is 3.70. The van der Waals surface area contributed by atoms with Gasteiger partial charge in [0, 0.05) is 24.7 Å². The van der Waals surface area contributed by atoms with Crippen LogP contribution in [0.15, 0.2) is 46.1 Å². The highest BCUT2D eigenvalue weighted by atomic mass is 28.4. The van der Waals surface area contributed by atoms with Crippen molar-refractivity contribution in [3.05, 3.63) is 68.5 Å². The van der Waals surface area contributed by atoms with Crippen molar-refractivity contribution in [3.8, 4) is 0 Å². The Morgan fingerprint density at radius 3 is 2.53 bits per heavy atom. The summed E-state index contributed by atoms with van der Waals surface area (Å²) in [7, 11) is -2.12. The van der Waals surface area contributed by atoms with Gasteiger partial charge < -0.3 is 13.9 Å². The Morgan fingerprint density at radius 2 is 1.86 bits per heavy atom. The predicted molar refractivity (Wildman–Crippen MR) is 139 cm³/mol. The molecule has 0 bridgehead atoms. The fourth-order valence-electron chi connectivity index (χ4n) is 4.45. The van der Waals surface area contributed by atoms with Gasteiger partial charge in [0.15, 0.2) is 20.8 Å². The summed E-state index contributed by atoms with van der Waals surface area (Å²) in [6, 6.07) is 9.84. The third kappa shape index (κ3) is 5.74. The van der Waals surface area contributed by atoms with Crippen molar-refractivity contribution < 1.29 is 18.7 Å². The first-order valence-corrected chi connectivity index (χ1v) is 15.5. The summed E-state index contributed by atoms with van der Waals surface area (Å²) in [5, 5.41) is 1.93. The fraction of sp³-hybridized carbons (Fsp3) is 0.615. The molecule has 2 aliphatic rings. The molecule has 1 N–H and O–H groups in total. The van der Waals surface area contributed by atoms with E-state index >= 15 is 0 Å². The maximum absolute atomic E-state index is 12.7. The molecule has 5 atom stereocenters. The number of hydrogen-bond donors (Lipinski definition) is 1. The number of aryl methyl sites for hydroxylation is 1. The van der Waals surface area contributed by atoms with Gasteiger partial charge in [-0.1, -0.05) is 51.1 Å². The van der Waals surface area contributed by atoms with E-state index in [1.165, 1.54) is 4.57 Å². The fourth-order valence-corrected chi connectivity index (χ4v) is 5.76. The van der Waals surface area contributed by atoms with Gasteiger partial charge in [-0.15, -0.1) is 0 Å². The zero-order valence-corrected chi connectivity index (χ0v) is 23.3. The van der Waals surface area contributed by atoms with Gasteiger partial charge in [-0.25, -0.2) is 4.79 Å². The largest absolute Gasteiger partial charge is 0.409 e. The van der Waals surface area contributed by atoms with Crippen LogP contribution in [0.3, 0.4) is 0 Å². The molecule has 0 unspecified atom stereocenters. The van der Waals surface area contributed by atoms with Crippen molar-refractivity contribution in [1.29, 1.82) is 0 Å². The molecule has 0 spiro atoms. The van der Waals surface area contributed by atoms with Gasteiger partial charge in [0.2, 0.25) is 0 Å². The number of aromatic nitrogens is 2. The molecule has 3 heterocycles. The minimum atomic E-state index is -2.12. The van der Waals surface area contributed by atoms with E-state index in [-0.39, 0.29) is 29.6 Å². The highest BCUT2D eigenvalue weighted by Gasteiger charge is 2.49. The van der Waals surface area contributed by atoms with Crippen molar-refractivity contribution in [3.63, 3.8) is 0 Å². The first kappa shape index (κ1) is 27.0. The first-order valence-electron chi connectivity index (χ1n) is 12.6. The number of hydroxylamine groups is 2. The highest BCUT2D eigenvalue weighted by molar-refractivity contribution is 6.74. The molecular formula is C26H39N3O6Si. The van der Waals surface area contributed by atoms with Crippen LogP contribution in [0.1, 0.15) is 51.5 Å². The summed E-state index contributed by atoms with van der Waals surface area (Å²) in [5.74, 6) is 0. The van der Waals surface area contributed by atoms with E-state index in [1.54, 1.807) is 13.1 Å². The first-order chi connectivity index (χ1) is 16.9. The smallest absolute Gasteiger partial charge is 0.330 e. The van der Waals surface area contributed by atoms with E-state index in [4.69, 9.17) is 18.7 Å². The van der Waals surface area contributed by atoms with Crippen LogP contribution in [0, 0.1) is 6.92 Å². The topological polar surface area (TPSA) is 95.0 Å². The van der Waals surface area contributed by atoms with E-state index < -0.39 is 25.8 Å². The third-order valence-electron chi connectivity index (χ3n) is 7.55. The summed E-state index contributed by atoms with van der Waals surface area (Å²) in [4.78, 5) is 33.4. The molecule has 36 heavy (non-hydrogen) atoms. The third-order valence-corrected chi connectivity index (χ3v) is 12.1. The second kappa shape index (κ2) is 10.4. The van der Waals surface area contributed by atoms with E-state index in [2.05, 4.69) is 38.8 Å². The standard InChI is InChI=1S/C26H39N3O6Si/c1-17-14-28(25(31)27-24(17)30)22-13-20(29(34-22)15-19-11-9-8-10-12-19)23-21(16-32-18(2)33-23)35-36(6,7)26(3,4)5/h8-12,14,18,20-23H,13,15-16H2,1-7H3,(H,27,30,31)/t18-,20+,21-,22+,23+/m1/s1. The lowest BCUT2D eigenvalue weighted by Gasteiger charge is -2.45. The second-order valence-electron chi connectivity index (χ2n) is 11.3. The van der Waals surface area contributed by atoms with Gasteiger partial charge in [0.05, 0.1) is 18.8 Å². The van der Waals surface area contributed by atoms with Crippen LogP contribution in [0.5, 0.6) is 0 Å². The molecule has 9 nitrogen and oxygen atoms in total. The van der Waals surface area contributed by atoms with Gasteiger partial charge in [-0.2, -0.15) is 5.06 Å². The molecule has 4 rings (SSSR count). The summed E-state index contributed by atoms with van der Waals surface area (Å²) in [6.07, 6.45) is 0.485. The number of aromatic amines is 1. The normalized spacial score (nSPS) is 27.9. The molecule has 2 saturated heterocycles. The maximum atomic E-state index is 12.7. The van der Waals surface area contributed by atoms with Crippen molar-refractivity contribution in [1.82, 2.24) is 14.6 Å². The Morgan fingerprint density at radius 1 is 1.17 bits per heavy atom. The number of rotatable bonds is 6. The lowest BCUT2D eigenvalue weighted by molar-refractivity contribution is -0.274. The summed E-state index contributed by atoms with van der Waals surface area (Å²) in [6.45, 7) is 15.6. The van der Waals surface area contributed by atoms with Gasteiger partial charge in [0.1, 0.15) is 6.10 Å². The molecule has 198 valence electrons.